The van der Waals surface area contributed by atoms with Gasteiger partial charge in [-0.25, -0.2) is 0 Å². The van der Waals surface area contributed by atoms with Crippen LogP contribution in [0.15, 0.2) is 0 Å². The molecule has 0 radical (unpaired) electrons. The van der Waals surface area contributed by atoms with Gasteiger partial charge in [0.2, 0.25) is 0 Å². The van der Waals surface area contributed by atoms with Crippen LogP contribution in [0.1, 0.15) is 46.5 Å². The summed E-state index contributed by atoms with van der Waals surface area (Å²) in [5.74, 6) is 2.77. The maximum absolute atomic E-state index is 3.82. The van der Waals surface area contributed by atoms with Crippen molar-refractivity contribution in [1.29, 1.82) is 0 Å². The second-order valence-corrected chi connectivity index (χ2v) is 5.36. The Kier molecular flexibility index (Phi) is 2.64. The number of nitrogens with one attached hydrogen (secondary N) is 1. The first-order valence-corrected chi connectivity index (χ1v) is 5.94. The molecule has 1 nitrogen and oxygen atoms in total. The average Bonchev–Trinajstić information content (AvgIpc) is 2.77. The first-order valence-electron chi connectivity index (χ1n) is 5.94. The number of hydrogen-bond acceptors (Lipinski definition) is 1. The summed E-state index contributed by atoms with van der Waals surface area (Å²) in [5.41, 5.74) is 0. The molecule has 0 saturated heterocycles. The van der Waals surface area contributed by atoms with E-state index in [1.807, 2.05) is 0 Å². The van der Waals surface area contributed by atoms with Gasteiger partial charge in [-0.05, 0) is 30.6 Å². The van der Waals surface area contributed by atoms with Crippen LogP contribution in [0.25, 0.3) is 0 Å². The lowest BCUT2D eigenvalue weighted by atomic mass is 9.78. The molecule has 0 aromatic heterocycles. The van der Waals surface area contributed by atoms with E-state index in [4.69, 9.17) is 0 Å². The van der Waals surface area contributed by atoms with Gasteiger partial charge in [0.1, 0.15) is 0 Å². The van der Waals surface area contributed by atoms with Gasteiger partial charge in [-0.15, -0.1) is 0 Å². The van der Waals surface area contributed by atoms with Gasteiger partial charge in [0.05, 0.1) is 0 Å². The van der Waals surface area contributed by atoms with Crippen LogP contribution in [0, 0.1) is 17.8 Å². The minimum atomic E-state index is 0.818. The van der Waals surface area contributed by atoms with Crippen molar-refractivity contribution in [2.24, 2.45) is 17.8 Å². The number of rotatable bonds is 2. The van der Waals surface area contributed by atoms with Crippen molar-refractivity contribution in [3.63, 3.8) is 0 Å². The van der Waals surface area contributed by atoms with Crippen LogP contribution in [-0.2, 0) is 0 Å². The lowest BCUT2D eigenvalue weighted by molar-refractivity contribution is 0.204. The summed E-state index contributed by atoms with van der Waals surface area (Å²) < 4.78 is 0. The SMILES string of the molecule is CC1CCCC(N[C@@H]2C[C@H]2C)C1C. The highest BCUT2D eigenvalue weighted by Crippen LogP contribution is 2.34. The predicted molar refractivity (Wildman–Crippen MR) is 56.7 cm³/mol. The molecule has 13 heavy (non-hydrogen) atoms. The first-order chi connectivity index (χ1) is 6.18. The highest BCUT2D eigenvalue weighted by Gasteiger charge is 2.37. The molecule has 0 amide bonds. The standard InChI is InChI=1S/C12H23N/c1-8-5-4-6-11(10(8)3)13-12-7-9(12)2/h8-13H,4-7H2,1-3H3/t8?,9-,10?,11?,12-/m1/s1. The van der Waals surface area contributed by atoms with E-state index in [-0.39, 0.29) is 0 Å². The van der Waals surface area contributed by atoms with Crippen LogP contribution < -0.4 is 5.32 Å². The van der Waals surface area contributed by atoms with Crippen LogP contribution in [0.2, 0.25) is 0 Å². The Morgan fingerprint density at radius 3 is 2.23 bits per heavy atom. The molecule has 2 aliphatic rings. The zero-order valence-corrected chi connectivity index (χ0v) is 9.22. The summed E-state index contributed by atoms with van der Waals surface area (Å²) in [7, 11) is 0. The van der Waals surface area contributed by atoms with Crippen LogP contribution in [-0.4, -0.2) is 12.1 Å². The quantitative estimate of drug-likeness (QED) is 0.690. The third kappa shape index (κ3) is 2.07. The van der Waals surface area contributed by atoms with Crippen molar-refractivity contribution in [1.82, 2.24) is 5.32 Å². The van der Waals surface area contributed by atoms with Crippen molar-refractivity contribution in [2.45, 2.75) is 58.5 Å². The molecule has 3 unspecified atom stereocenters. The lowest BCUT2D eigenvalue weighted by Crippen LogP contribution is -2.42. The maximum atomic E-state index is 3.82. The molecule has 0 aromatic carbocycles. The van der Waals surface area contributed by atoms with Gasteiger partial charge >= 0.3 is 0 Å². The third-order valence-corrected chi connectivity index (χ3v) is 4.24. The second-order valence-electron chi connectivity index (χ2n) is 5.36. The number of hydrogen-bond donors (Lipinski definition) is 1. The highest BCUT2D eigenvalue weighted by molar-refractivity contribution is 4.94. The van der Waals surface area contributed by atoms with Crippen molar-refractivity contribution >= 4 is 0 Å². The van der Waals surface area contributed by atoms with E-state index in [2.05, 4.69) is 26.1 Å². The Hall–Kier alpha value is -0.0400. The zero-order chi connectivity index (χ0) is 9.42. The predicted octanol–water partition coefficient (Wildman–Crippen LogP) is 2.81. The summed E-state index contributed by atoms with van der Waals surface area (Å²) in [5, 5.41) is 3.82. The Labute approximate surface area is 82.3 Å². The molecule has 76 valence electrons. The molecule has 2 fully saturated rings. The average molecular weight is 181 g/mol. The second kappa shape index (κ2) is 3.61. The lowest BCUT2D eigenvalue weighted by Gasteiger charge is -2.35. The molecule has 0 spiro atoms. The van der Waals surface area contributed by atoms with E-state index in [0.717, 1.165) is 29.8 Å². The summed E-state index contributed by atoms with van der Waals surface area (Å²) in [4.78, 5) is 0. The molecule has 0 bridgehead atoms. The summed E-state index contributed by atoms with van der Waals surface area (Å²) in [6.07, 6.45) is 5.70. The largest absolute Gasteiger partial charge is 0.311 e. The monoisotopic (exact) mass is 181 g/mol. The fourth-order valence-electron chi connectivity index (χ4n) is 2.65. The highest BCUT2D eigenvalue weighted by atomic mass is 15.0. The van der Waals surface area contributed by atoms with Crippen molar-refractivity contribution in [3.05, 3.63) is 0 Å². The topological polar surface area (TPSA) is 12.0 Å². The van der Waals surface area contributed by atoms with E-state index in [9.17, 15) is 0 Å². The molecule has 2 saturated carbocycles. The van der Waals surface area contributed by atoms with Gasteiger partial charge in [-0.3, -0.25) is 0 Å². The van der Waals surface area contributed by atoms with E-state index >= 15 is 0 Å². The Bertz CT molecular complexity index is 178. The minimum Gasteiger partial charge on any atom is -0.311 e. The van der Waals surface area contributed by atoms with Gasteiger partial charge in [0.15, 0.2) is 0 Å². The smallest absolute Gasteiger partial charge is 0.00990 e. The van der Waals surface area contributed by atoms with E-state index < -0.39 is 0 Å². The van der Waals surface area contributed by atoms with Gasteiger partial charge < -0.3 is 5.32 Å². The molecule has 0 aliphatic heterocycles. The van der Waals surface area contributed by atoms with Gasteiger partial charge in [0.25, 0.3) is 0 Å². The molecule has 0 heterocycles. The molecular formula is C12H23N. The molecule has 5 atom stereocenters. The van der Waals surface area contributed by atoms with Crippen LogP contribution in [0.4, 0.5) is 0 Å². The van der Waals surface area contributed by atoms with Gasteiger partial charge in [0, 0.05) is 12.1 Å². The third-order valence-electron chi connectivity index (χ3n) is 4.24. The summed E-state index contributed by atoms with van der Waals surface area (Å²) in [6, 6.07) is 1.68. The minimum absolute atomic E-state index is 0.818. The van der Waals surface area contributed by atoms with Crippen molar-refractivity contribution in [2.75, 3.05) is 0 Å². The molecule has 2 aliphatic carbocycles. The maximum Gasteiger partial charge on any atom is 0.00990 e. The zero-order valence-electron chi connectivity index (χ0n) is 9.22. The molecule has 1 heteroatoms. The first kappa shape index (κ1) is 9.51. The van der Waals surface area contributed by atoms with Gasteiger partial charge in [-0.1, -0.05) is 33.6 Å². The van der Waals surface area contributed by atoms with Crippen LogP contribution >= 0.6 is 0 Å². The fraction of sp³-hybridized carbons (Fsp3) is 1.00. The van der Waals surface area contributed by atoms with Crippen LogP contribution in [0.3, 0.4) is 0 Å². The van der Waals surface area contributed by atoms with Crippen LogP contribution in [0.5, 0.6) is 0 Å². The molecular weight excluding hydrogens is 158 g/mol. The molecule has 2 rings (SSSR count). The normalized spacial score (nSPS) is 50.5. The summed E-state index contributed by atoms with van der Waals surface area (Å²) in [6.45, 7) is 7.19. The Balaban J connectivity index is 1.83. The molecule has 0 aromatic rings. The molecule has 1 N–H and O–H groups in total. The fourth-order valence-corrected chi connectivity index (χ4v) is 2.65. The van der Waals surface area contributed by atoms with E-state index in [0.29, 0.717) is 0 Å². The van der Waals surface area contributed by atoms with E-state index in [1.165, 1.54) is 25.7 Å². The van der Waals surface area contributed by atoms with Crippen molar-refractivity contribution in [3.8, 4) is 0 Å². The Morgan fingerprint density at radius 2 is 1.62 bits per heavy atom. The summed E-state index contributed by atoms with van der Waals surface area (Å²) >= 11 is 0. The van der Waals surface area contributed by atoms with Crippen molar-refractivity contribution < 1.29 is 0 Å². The van der Waals surface area contributed by atoms with E-state index in [1.54, 1.807) is 0 Å². The van der Waals surface area contributed by atoms with Gasteiger partial charge in [-0.2, -0.15) is 0 Å². The Morgan fingerprint density at radius 1 is 0.923 bits per heavy atom.